The maximum absolute atomic E-state index is 12.9. The molecule has 0 spiro atoms. The number of carbonyl (C=O) groups excluding carboxylic acids is 2. The lowest BCUT2D eigenvalue weighted by molar-refractivity contribution is -0.141. The van der Waals surface area contributed by atoms with Crippen molar-refractivity contribution in [1.82, 2.24) is 0 Å². The Morgan fingerprint density at radius 3 is 2.33 bits per heavy atom. The third kappa shape index (κ3) is 6.21. The van der Waals surface area contributed by atoms with Crippen LogP contribution in [0.4, 0.5) is 11.4 Å². The van der Waals surface area contributed by atoms with Gasteiger partial charge in [0.15, 0.2) is 0 Å². The molecule has 0 aliphatic rings. The van der Waals surface area contributed by atoms with Gasteiger partial charge in [-0.25, -0.2) is 13.2 Å². The number of methoxy groups -OCH3 is 1. The summed E-state index contributed by atoms with van der Waals surface area (Å²) in [6.07, 6.45) is 0. The fourth-order valence-electron chi connectivity index (χ4n) is 2.87. The average Bonchev–Trinajstić information content (AvgIpc) is 2.73. The van der Waals surface area contributed by atoms with Gasteiger partial charge in [-0.1, -0.05) is 30.3 Å². The first-order chi connectivity index (χ1) is 14.3. The molecule has 2 aromatic rings. The summed E-state index contributed by atoms with van der Waals surface area (Å²) in [6, 6.07) is 13.1. The SMILES string of the molecule is CCNc1ccc(C(=O)OCC)cc1NS(=O)(=O)CC(C(=O)OC)c1ccccc1. The molecule has 0 saturated carbocycles. The van der Waals surface area contributed by atoms with Crippen molar-refractivity contribution in [1.29, 1.82) is 0 Å². The standard InChI is InChI=1S/C21H26N2O6S/c1-4-22-18-12-11-16(20(24)29-5-2)13-19(18)23-30(26,27)14-17(21(25)28-3)15-9-7-6-8-10-15/h6-13,17,22-23H,4-5,14H2,1-3H3. The Morgan fingerprint density at radius 2 is 1.73 bits per heavy atom. The fraction of sp³-hybridized carbons (Fsp3) is 0.333. The molecule has 8 nitrogen and oxygen atoms in total. The molecule has 9 heteroatoms. The molecule has 2 N–H and O–H groups in total. The van der Waals surface area contributed by atoms with Crippen LogP contribution < -0.4 is 10.0 Å². The van der Waals surface area contributed by atoms with E-state index in [0.29, 0.717) is 17.8 Å². The van der Waals surface area contributed by atoms with Crippen molar-refractivity contribution in [3.05, 3.63) is 59.7 Å². The van der Waals surface area contributed by atoms with Crippen molar-refractivity contribution in [3.8, 4) is 0 Å². The Labute approximate surface area is 176 Å². The van der Waals surface area contributed by atoms with Gasteiger partial charge in [-0.3, -0.25) is 9.52 Å². The van der Waals surface area contributed by atoms with E-state index in [4.69, 9.17) is 9.47 Å². The van der Waals surface area contributed by atoms with Gasteiger partial charge in [0.2, 0.25) is 10.0 Å². The molecule has 1 atom stereocenters. The summed E-state index contributed by atoms with van der Waals surface area (Å²) < 4.78 is 38.1. The molecular formula is C21H26N2O6S. The quantitative estimate of drug-likeness (QED) is 0.553. The number of hydrogen-bond donors (Lipinski definition) is 2. The van der Waals surface area contributed by atoms with E-state index in [9.17, 15) is 18.0 Å². The largest absolute Gasteiger partial charge is 0.469 e. The lowest BCUT2D eigenvalue weighted by atomic mass is 10.0. The first kappa shape index (κ1) is 23.2. The second-order valence-corrected chi connectivity index (χ2v) is 8.15. The van der Waals surface area contributed by atoms with E-state index in [1.807, 2.05) is 6.92 Å². The van der Waals surface area contributed by atoms with Crippen LogP contribution in [-0.2, 0) is 24.3 Å². The van der Waals surface area contributed by atoms with E-state index in [2.05, 4.69) is 10.0 Å². The molecule has 0 radical (unpaired) electrons. The van der Waals surface area contributed by atoms with Crippen LogP contribution >= 0.6 is 0 Å². The summed E-state index contributed by atoms with van der Waals surface area (Å²) in [4.78, 5) is 24.3. The van der Waals surface area contributed by atoms with Gasteiger partial charge in [0, 0.05) is 6.54 Å². The zero-order valence-corrected chi connectivity index (χ0v) is 18.0. The molecule has 162 valence electrons. The Bertz CT molecular complexity index is 976. The Balaban J connectivity index is 2.34. The minimum Gasteiger partial charge on any atom is -0.469 e. The molecule has 0 aliphatic heterocycles. The second-order valence-electron chi connectivity index (χ2n) is 6.38. The fourth-order valence-corrected chi connectivity index (χ4v) is 4.23. The summed E-state index contributed by atoms with van der Waals surface area (Å²) in [6.45, 7) is 4.29. The van der Waals surface area contributed by atoms with E-state index < -0.39 is 33.6 Å². The maximum Gasteiger partial charge on any atom is 0.338 e. The highest BCUT2D eigenvalue weighted by molar-refractivity contribution is 7.92. The molecule has 30 heavy (non-hydrogen) atoms. The number of rotatable bonds is 10. The van der Waals surface area contributed by atoms with Gasteiger partial charge in [0.1, 0.15) is 0 Å². The Hall–Kier alpha value is -3.07. The van der Waals surface area contributed by atoms with Crippen LogP contribution in [0.15, 0.2) is 48.5 Å². The lowest BCUT2D eigenvalue weighted by Crippen LogP contribution is -2.27. The van der Waals surface area contributed by atoms with E-state index in [1.165, 1.54) is 13.2 Å². The zero-order chi connectivity index (χ0) is 22.1. The van der Waals surface area contributed by atoms with Gasteiger partial charge in [-0.2, -0.15) is 0 Å². The van der Waals surface area contributed by atoms with Gasteiger partial charge in [0.05, 0.1) is 42.3 Å². The van der Waals surface area contributed by atoms with Crippen molar-refractivity contribution in [2.75, 3.05) is 36.1 Å². The number of esters is 2. The van der Waals surface area contributed by atoms with Gasteiger partial charge in [-0.05, 0) is 37.6 Å². The third-order valence-corrected chi connectivity index (χ3v) is 5.54. The first-order valence-electron chi connectivity index (χ1n) is 9.49. The molecule has 2 aromatic carbocycles. The van der Waals surface area contributed by atoms with Crippen LogP contribution in [0.3, 0.4) is 0 Å². The summed E-state index contributed by atoms with van der Waals surface area (Å²) in [7, 11) is -2.76. The minimum absolute atomic E-state index is 0.194. The number of nitrogens with one attached hydrogen (secondary N) is 2. The molecule has 0 bridgehead atoms. The number of ether oxygens (including phenoxy) is 2. The van der Waals surface area contributed by atoms with Crippen molar-refractivity contribution in [3.63, 3.8) is 0 Å². The van der Waals surface area contributed by atoms with E-state index in [1.54, 1.807) is 49.4 Å². The second kappa shape index (κ2) is 10.6. The number of carbonyl (C=O) groups is 2. The summed E-state index contributed by atoms with van der Waals surface area (Å²) in [5.74, 6) is -2.72. The molecule has 0 fully saturated rings. The van der Waals surface area contributed by atoms with Crippen LogP contribution in [0.1, 0.15) is 35.7 Å². The average molecular weight is 435 g/mol. The molecule has 1 unspecified atom stereocenters. The van der Waals surface area contributed by atoms with Crippen LogP contribution in [0.5, 0.6) is 0 Å². The van der Waals surface area contributed by atoms with Gasteiger partial charge in [0.25, 0.3) is 0 Å². The molecule has 0 aromatic heterocycles. The number of anilines is 2. The van der Waals surface area contributed by atoms with E-state index in [-0.39, 0.29) is 17.9 Å². The molecule has 0 aliphatic carbocycles. The van der Waals surface area contributed by atoms with Crippen molar-refractivity contribution < 1.29 is 27.5 Å². The van der Waals surface area contributed by atoms with Gasteiger partial charge in [-0.15, -0.1) is 0 Å². The number of sulfonamides is 1. The minimum atomic E-state index is -3.98. The first-order valence-corrected chi connectivity index (χ1v) is 11.1. The monoisotopic (exact) mass is 434 g/mol. The van der Waals surface area contributed by atoms with Gasteiger partial charge >= 0.3 is 11.9 Å². The summed E-state index contributed by atoms with van der Waals surface area (Å²) in [5, 5.41) is 3.05. The van der Waals surface area contributed by atoms with Gasteiger partial charge < -0.3 is 14.8 Å². The highest BCUT2D eigenvalue weighted by Crippen LogP contribution is 2.27. The highest BCUT2D eigenvalue weighted by Gasteiger charge is 2.28. The number of hydrogen-bond acceptors (Lipinski definition) is 7. The Kier molecular flexibility index (Phi) is 8.23. The Morgan fingerprint density at radius 1 is 1.03 bits per heavy atom. The highest BCUT2D eigenvalue weighted by atomic mass is 32.2. The predicted molar refractivity (Wildman–Crippen MR) is 115 cm³/mol. The molecule has 2 rings (SSSR count). The zero-order valence-electron chi connectivity index (χ0n) is 17.2. The topological polar surface area (TPSA) is 111 Å². The van der Waals surface area contributed by atoms with E-state index in [0.717, 1.165) is 0 Å². The van der Waals surface area contributed by atoms with Crippen molar-refractivity contribution in [2.45, 2.75) is 19.8 Å². The third-order valence-electron chi connectivity index (χ3n) is 4.24. The van der Waals surface area contributed by atoms with Crippen molar-refractivity contribution >= 4 is 33.3 Å². The predicted octanol–water partition coefficient (Wildman–Crippen LogP) is 2.99. The molecular weight excluding hydrogens is 408 g/mol. The van der Waals surface area contributed by atoms with Crippen molar-refractivity contribution in [2.24, 2.45) is 0 Å². The molecule has 0 saturated heterocycles. The summed E-state index contributed by atoms with van der Waals surface area (Å²) in [5.41, 5.74) is 1.44. The smallest absolute Gasteiger partial charge is 0.338 e. The van der Waals surface area contributed by atoms with Crippen LogP contribution in [-0.4, -0.2) is 46.4 Å². The summed E-state index contributed by atoms with van der Waals surface area (Å²) >= 11 is 0. The van der Waals surface area contributed by atoms with E-state index >= 15 is 0 Å². The molecule has 0 heterocycles. The normalized spacial score (nSPS) is 12.0. The van der Waals surface area contributed by atoms with Crippen LogP contribution in [0, 0.1) is 0 Å². The van der Waals surface area contributed by atoms with Crippen LogP contribution in [0.25, 0.3) is 0 Å². The molecule has 0 amide bonds. The van der Waals surface area contributed by atoms with Crippen LogP contribution in [0.2, 0.25) is 0 Å². The lowest BCUT2D eigenvalue weighted by Gasteiger charge is -2.18. The maximum atomic E-state index is 12.9. The number of benzene rings is 2.